The lowest BCUT2D eigenvalue weighted by atomic mass is 9.63. The Morgan fingerprint density at radius 2 is 1.85 bits per heavy atom. The first-order valence-electron chi connectivity index (χ1n) is 11.6. The van der Waals surface area contributed by atoms with E-state index in [1.165, 1.54) is 63.4 Å². The van der Waals surface area contributed by atoms with Crippen LogP contribution in [-0.4, -0.2) is 0 Å². The summed E-state index contributed by atoms with van der Waals surface area (Å²) in [5, 5.41) is 0. The Kier molecular flexibility index (Phi) is 6.05. The molecule has 0 N–H and O–H groups in total. The van der Waals surface area contributed by atoms with Gasteiger partial charge in [-0.25, -0.2) is 4.39 Å². The Bertz CT molecular complexity index is 673. The van der Waals surface area contributed by atoms with Crippen molar-refractivity contribution in [3.63, 3.8) is 0 Å². The minimum Gasteiger partial charge on any atom is -0.206 e. The van der Waals surface area contributed by atoms with Crippen LogP contribution in [0.5, 0.6) is 0 Å². The molecular formula is C26H37F. The third-order valence-corrected chi connectivity index (χ3v) is 7.94. The van der Waals surface area contributed by atoms with Gasteiger partial charge in [0.25, 0.3) is 0 Å². The van der Waals surface area contributed by atoms with Gasteiger partial charge >= 0.3 is 0 Å². The Morgan fingerprint density at radius 1 is 1.04 bits per heavy atom. The number of fused-ring (bicyclic) bond motifs is 2. The van der Waals surface area contributed by atoms with Gasteiger partial charge in [-0.1, -0.05) is 44.1 Å². The van der Waals surface area contributed by atoms with Gasteiger partial charge in [0.15, 0.2) is 0 Å². The topological polar surface area (TPSA) is 0 Å². The smallest absolute Gasteiger partial charge is 0.130 e. The lowest BCUT2D eigenvalue weighted by Crippen LogP contribution is -2.30. The SMILES string of the molecule is C/C=C/C1CCC2CC(c3ccc4c(c3F)CCC(CCC)C4)CCC2C1. The monoisotopic (exact) mass is 368 g/mol. The summed E-state index contributed by atoms with van der Waals surface area (Å²) in [5.74, 6) is 3.91. The number of halogens is 1. The van der Waals surface area contributed by atoms with Gasteiger partial charge in [0.2, 0.25) is 0 Å². The largest absolute Gasteiger partial charge is 0.206 e. The van der Waals surface area contributed by atoms with Gasteiger partial charge in [-0.3, -0.25) is 0 Å². The number of allylic oxidation sites excluding steroid dienone is 2. The molecule has 2 fully saturated rings. The molecule has 1 heteroatoms. The third kappa shape index (κ3) is 4.03. The zero-order chi connectivity index (χ0) is 18.8. The molecule has 148 valence electrons. The van der Waals surface area contributed by atoms with E-state index in [-0.39, 0.29) is 5.82 Å². The van der Waals surface area contributed by atoms with Crippen LogP contribution in [0.25, 0.3) is 0 Å². The van der Waals surface area contributed by atoms with Crippen LogP contribution in [0.2, 0.25) is 0 Å². The maximum Gasteiger partial charge on any atom is 0.130 e. The summed E-state index contributed by atoms with van der Waals surface area (Å²) in [6.45, 7) is 4.41. The van der Waals surface area contributed by atoms with Crippen LogP contribution >= 0.6 is 0 Å². The molecule has 0 spiro atoms. The minimum absolute atomic E-state index is 0.175. The fraction of sp³-hybridized carbons (Fsp3) is 0.692. The molecule has 3 aliphatic carbocycles. The van der Waals surface area contributed by atoms with E-state index in [0.29, 0.717) is 5.92 Å². The van der Waals surface area contributed by atoms with Gasteiger partial charge in [-0.05, 0) is 111 Å². The minimum atomic E-state index is 0.175. The lowest BCUT2D eigenvalue weighted by Gasteiger charge is -2.42. The highest BCUT2D eigenvalue weighted by Gasteiger charge is 2.36. The van der Waals surface area contributed by atoms with Crippen molar-refractivity contribution in [2.45, 2.75) is 90.4 Å². The molecule has 1 aromatic carbocycles. The summed E-state index contributed by atoms with van der Waals surface area (Å²) >= 11 is 0. The van der Waals surface area contributed by atoms with E-state index >= 15 is 4.39 Å². The molecule has 2 saturated carbocycles. The molecule has 1 aromatic rings. The molecule has 0 bridgehead atoms. The maximum atomic E-state index is 15.4. The van der Waals surface area contributed by atoms with Crippen molar-refractivity contribution in [1.29, 1.82) is 0 Å². The molecule has 0 aromatic heterocycles. The van der Waals surface area contributed by atoms with Crippen molar-refractivity contribution >= 4 is 0 Å². The van der Waals surface area contributed by atoms with Gasteiger partial charge in [0, 0.05) is 0 Å². The normalized spacial score (nSPS) is 33.7. The zero-order valence-electron chi connectivity index (χ0n) is 17.4. The third-order valence-electron chi connectivity index (χ3n) is 7.94. The summed E-state index contributed by atoms with van der Waals surface area (Å²) in [5.41, 5.74) is 3.43. The fourth-order valence-corrected chi connectivity index (χ4v) is 6.53. The molecule has 27 heavy (non-hydrogen) atoms. The molecule has 0 aliphatic heterocycles. The van der Waals surface area contributed by atoms with Crippen molar-refractivity contribution < 1.29 is 4.39 Å². The molecule has 0 radical (unpaired) electrons. The lowest BCUT2D eigenvalue weighted by molar-refractivity contribution is 0.132. The average Bonchev–Trinajstić information content (AvgIpc) is 2.68. The molecule has 0 saturated heterocycles. The standard InChI is InChI=1S/C26H37F/c1-3-5-18-7-9-21-17-23(11-10-20(21)15-18)25-14-12-22-16-19(6-4-2)8-13-24(22)26(25)27/h3,5,12,14,18-21,23H,4,6-11,13,15-17H2,1-2H3/b5-3+. The van der Waals surface area contributed by atoms with E-state index in [9.17, 15) is 0 Å². The van der Waals surface area contributed by atoms with Crippen LogP contribution in [0.3, 0.4) is 0 Å². The summed E-state index contributed by atoms with van der Waals surface area (Å²) in [6, 6.07) is 4.45. The number of rotatable bonds is 4. The highest BCUT2D eigenvalue weighted by Crippen LogP contribution is 2.48. The van der Waals surface area contributed by atoms with E-state index in [2.05, 4.69) is 38.1 Å². The number of hydrogen-bond acceptors (Lipinski definition) is 0. The Balaban J connectivity index is 1.46. The molecule has 0 amide bonds. The van der Waals surface area contributed by atoms with Gasteiger partial charge < -0.3 is 0 Å². The summed E-state index contributed by atoms with van der Waals surface area (Å²) in [7, 11) is 0. The van der Waals surface area contributed by atoms with Crippen molar-refractivity contribution in [3.05, 3.63) is 46.8 Å². The summed E-state index contributed by atoms with van der Waals surface area (Å²) < 4.78 is 15.4. The van der Waals surface area contributed by atoms with Crippen molar-refractivity contribution in [2.75, 3.05) is 0 Å². The highest BCUT2D eigenvalue weighted by atomic mass is 19.1. The second kappa shape index (κ2) is 8.50. The van der Waals surface area contributed by atoms with E-state index < -0.39 is 0 Å². The summed E-state index contributed by atoms with van der Waals surface area (Å²) in [6.07, 6.45) is 18.2. The van der Waals surface area contributed by atoms with Crippen LogP contribution in [0, 0.1) is 29.5 Å². The van der Waals surface area contributed by atoms with Gasteiger partial charge in [0.05, 0.1) is 0 Å². The van der Waals surface area contributed by atoms with Crippen LogP contribution < -0.4 is 0 Å². The van der Waals surface area contributed by atoms with Crippen LogP contribution in [0.15, 0.2) is 24.3 Å². The average molecular weight is 369 g/mol. The second-order valence-corrected chi connectivity index (χ2v) is 9.63. The van der Waals surface area contributed by atoms with Gasteiger partial charge in [-0.2, -0.15) is 0 Å². The van der Waals surface area contributed by atoms with E-state index in [0.717, 1.165) is 47.6 Å². The molecular weight excluding hydrogens is 331 g/mol. The Morgan fingerprint density at radius 3 is 2.67 bits per heavy atom. The first kappa shape index (κ1) is 19.2. The van der Waals surface area contributed by atoms with Crippen molar-refractivity contribution in [2.24, 2.45) is 23.7 Å². The van der Waals surface area contributed by atoms with Crippen LogP contribution in [0.4, 0.5) is 4.39 Å². The zero-order valence-corrected chi connectivity index (χ0v) is 17.4. The summed E-state index contributed by atoms with van der Waals surface area (Å²) in [4.78, 5) is 0. The van der Waals surface area contributed by atoms with Crippen LogP contribution in [-0.2, 0) is 12.8 Å². The fourth-order valence-electron chi connectivity index (χ4n) is 6.53. The number of benzene rings is 1. The maximum absolute atomic E-state index is 15.4. The predicted molar refractivity (Wildman–Crippen MR) is 113 cm³/mol. The quantitative estimate of drug-likeness (QED) is 0.480. The molecule has 0 heterocycles. The molecule has 3 aliphatic rings. The van der Waals surface area contributed by atoms with E-state index in [1.54, 1.807) is 0 Å². The molecule has 5 unspecified atom stereocenters. The van der Waals surface area contributed by atoms with Crippen molar-refractivity contribution in [1.82, 2.24) is 0 Å². The van der Waals surface area contributed by atoms with E-state index in [4.69, 9.17) is 0 Å². The second-order valence-electron chi connectivity index (χ2n) is 9.63. The van der Waals surface area contributed by atoms with Gasteiger partial charge in [-0.15, -0.1) is 0 Å². The van der Waals surface area contributed by atoms with Crippen molar-refractivity contribution in [3.8, 4) is 0 Å². The first-order valence-corrected chi connectivity index (χ1v) is 11.6. The number of hydrogen-bond donors (Lipinski definition) is 0. The van der Waals surface area contributed by atoms with Crippen LogP contribution in [0.1, 0.15) is 94.2 Å². The van der Waals surface area contributed by atoms with Gasteiger partial charge in [0.1, 0.15) is 5.82 Å². The Labute approximate surface area is 165 Å². The molecule has 4 rings (SSSR count). The highest BCUT2D eigenvalue weighted by molar-refractivity contribution is 5.38. The Hall–Kier alpha value is -1.11. The van der Waals surface area contributed by atoms with E-state index in [1.807, 2.05) is 0 Å². The molecule has 5 atom stereocenters. The molecule has 0 nitrogen and oxygen atoms in total. The predicted octanol–water partition coefficient (Wildman–Crippen LogP) is 7.61. The first-order chi connectivity index (χ1) is 13.2.